The number of aliphatic carboxylic acids is 1. The molecule has 1 aliphatic heterocycles. The number of carboxylic acid groups (broad SMARTS) is 1. The topological polar surface area (TPSA) is 74.7 Å². The largest absolute Gasteiger partial charge is 0.480 e. The molecule has 1 aliphatic carbocycles. The first-order chi connectivity index (χ1) is 9.44. The second-order valence-electron chi connectivity index (χ2n) is 6.02. The Morgan fingerprint density at radius 1 is 1.20 bits per heavy atom. The summed E-state index contributed by atoms with van der Waals surface area (Å²) in [5.74, 6) is -0.0324. The summed E-state index contributed by atoms with van der Waals surface area (Å²) in [6.45, 7) is 2.01. The number of rotatable bonds is 5. The van der Waals surface area contributed by atoms with E-state index in [0.29, 0.717) is 18.9 Å². The highest BCUT2D eigenvalue weighted by molar-refractivity contribution is 7.91. The first-order valence-electron chi connectivity index (χ1n) is 7.63. The van der Waals surface area contributed by atoms with Crippen LogP contribution < -0.4 is 0 Å². The Bertz CT molecular complexity index is 448. The molecule has 20 heavy (non-hydrogen) atoms. The number of nitrogens with zero attached hydrogens (tertiary/aromatic N) is 1. The first-order valence-corrected chi connectivity index (χ1v) is 9.45. The molecule has 3 atom stereocenters. The minimum absolute atomic E-state index is 0.0799. The van der Waals surface area contributed by atoms with Crippen molar-refractivity contribution in [3.05, 3.63) is 0 Å². The number of likely N-dealkylation sites (tertiary alicyclic amines) is 1. The predicted molar refractivity (Wildman–Crippen MR) is 77.4 cm³/mol. The van der Waals surface area contributed by atoms with E-state index in [9.17, 15) is 18.3 Å². The van der Waals surface area contributed by atoms with Gasteiger partial charge in [0.15, 0.2) is 9.84 Å². The Morgan fingerprint density at radius 3 is 2.55 bits per heavy atom. The highest BCUT2D eigenvalue weighted by Crippen LogP contribution is 2.37. The summed E-state index contributed by atoms with van der Waals surface area (Å²) < 4.78 is 23.4. The molecule has 0 spiro atoms. The van der Waals surface area contributed by atoms with E-state index in [2.05, 4.69) is 0 Å². The van der Waals surface area contributed by atoms with Gasteiger partial charge < -0.3 is 5.11 Å². The molecule has 5 nitrogen and oxygen atoms in total. The Balaban J connectivity index is 2.10. The molecule has 2 aliphatic rings. The van der Waals surface area contributed by atoms with Gasteiger partial charge >= 0.3 is 5.97 Å². The molecule has 116 valence electrons. The van der Waals surface area contributed by atoms with Crippen molar-refractivity contribution < 1.29 is 18.3 Å². The number of carboxylic acids is 1. The zero-order chi connectivity index (χ0) is 14.8. The molecule has 0 radical (unpaired) electrons. The Hall–Kier alpha value is -0.620. The second kappa shape index (κ2) is 6.43. The maximum Gasteiger partial charge on any atom is 0.320 e. The molecule has 1 saturated carbocycles. The van der Waals surface area contributed by atoms with E-state index >= 15 is 0 Å². The van der Waals surface area contributed by atoms with Crippen LogP contribution in [0.15, 0.2) is 0 Å². The summed E-state index contributed by atoms with van der Waals surface area (Å²) in [5.41, 5.74) is 0. The lowest BCUT2D eigenvalue weighted by molar-refractivity contribution is -0.147. The van der Waals surface area contributed by atoms with Crippen LogP contribution in [0.4, 0.5) is 0 Å². The van der Waals surface area contributed by atoms with Gasteiger partial charge in [0, 0.05) is 18.3 Å². The van der Waals surface area contributed by atoms with Gasteiger partial charge in [-0.3, -0.25) is 9.69 Å². The fourth-order valence-corrected chi connectivity index (χ4v) is 4.48. The molecule has 1 saturated heterocycles. The maximum atomic E-state index is 11.7. The second-order valence-corrected chi connectivity index (χ2v) is 8.49. The van der Waals surface area contributed by atoms with Crippen LogP contribution in [0.1, 0.15) is 45.4 Å². The predicted octanol–water partition coefficient (Wildman–Crippen LogP) is 1.53. The minimum Gasteiger partial charge on any atom is -0.480 e. The Morgan fingerprint density at radius 2 is 1.90 bits per heavy atom. The standard InChI is InChI=1S/C14H25NO4S/c1-2-20(18,19)10-9-15-12-6-4-3-5-11(12)7-8-13(15)14(16)17/h11-13H,2-10H2,1H3,(H,16,17). The fraction of sp³-hybridized carbons (Fsp3) is 0.929. The van der Waals surface area contributed by atoms with Crippen LogP contribution in [-0.2, 0) is 14.6 Å². The van der Waals surface area contributed by atoms with Crippen LogP contribution in [0.25, 0.3) is 0 Å². The molecule has 3 unspecified atom stereocenters. The highest BCUT2D eigenvalue weighted by Gasteiger charge is 2.41. The van der Waals surface area contributed by atoms with E-state index in [1.165, 1.54) is 6.42 Å². The smallest absolute Gasteiger partial charge is 0.320 e. The van der Waals surface area contributed by atoms with Crippen LogP contribution in [0.5, 0.6) is 0 Å². The average Bonchev–Trinajstić information content (AvgIpc) is 2.44. The molecule has 0 bridgehead atoms. The SMILES string of the molecule is CCS(=O)(=O)CCN1C(C(=O)O)CCC2CCCCC21. The van der Waals surface area contributed by atoms with E-state index in [4.69, 9.17) is 0 Å². The van der Waals surface area contributed by atoms with E-state index in [1.807, 2.05) is 4.90 Å². The third kappa shape index (κ3) is 3.52. The van der Waals surface area contributed by atoms with Crippen molar-refractivity contribution in [2.24, 2.45) is 5.92 Å². The monoisotopic (exact) mass is 303 g/mol. The summed E-state index contributed by atoms with van der Waals surface area (Å²) in [5, 5.41) is 9.39. The minimum atomic E-state index is -3.04. The van der Waals surface area contributed by atoms with Gasteiger partial charge in [0.2, 0.25) is 0 Å². The number of carbonyl (C=O) groups is 1. The van der Waals surface area contributed by atoms with Crippen molar-refractivity contribution in [3.63, 3.8) is 0 Å². The van der Waals surface area contributed by atoms with Crippen molar-refractivity contribution in [1.82, 2.24) is 4.90 Å². The van der Waals surface area contributed by atoms with Gasteiger partial charge in [-0.25, -0.2) is 8.42 Å². The highest BCUT2D eigenvalue weighted by atomic mass is 32.2. The van der Waals surface area contributed by atoms with Crippen LogP contribution in [0.3, 0.4) is 0 Å². The lowest BCUT2D eigenvalue weighted by Gasteiger charge is -2.47. The Kier molecular flexibility index (Phi) is 5.07. The lowest BCUT2D eigenvalue weighted by atomic mass is 9.76. The molecule has 2 fully saturated rings. The van der Waals surface area contributed by atoms with Crippen molar-refractivity contribution in [2.75, 3.05) is 18.1 Å². The van der Waals surface area contributed by atoms with Crippen molar-refractivity contribution in [2.45, 2.75) is 57.5 Å². The van der Waals surface area contributed by atoms with Gasteiger partial charge in [-0.15, -0.1) is 0 Å². The molecule has 1 heterocycles. The summed E-state index contributed by atoms with van der Waals surface area (Å²) in [6.07, 6.45) is 6.15. The summed E-state index contributed by atoms with van der Waals surface area (Å²) >= 11 is 0. The molecule has 1 N–H and O–H groups in total. The summed E-state index contributed by atoms with van der Waals surface area (Å²) in [6, 6.07) is -0.230. The molecule has 2 rings (SSSR count). The Labute approximate surface area is 121 Å². The van der Waals surface area contributed by atoms with E-state index in [-0.39, 0.29) is 17.5 Å². The van der Waals surface area contributed by atoms with E-state index < -0.39 is 21.8 Å². The summed E-state index contributed by atoms with van der Waals surface area (Å²) in [4.78, 5) is 13.4. The van der Waals surface area contributed by atoms with Crippen molar-refractivity contribution >= 4 is 15.8 Å². The third-order valence-electron chi connectivity index (χ3n) is 4.89. The van der Waals surface area contributed by atoms with Crippen LogP contribution in [-0.4, -0.2) is 54.5 Å². The van der Waals surface area contributed by atoms with E-state index in [0.717, 1.165) is 25.7 Å². The molecule has 6 heteroatoms. The number of fused-ring (bicyclic) bond motifs is 1. The zero-order valence-electron chi connectivity index (χ0n) is 12.1. The van der Waals surface area contributed by atoms with Gasteiger partial charge in [0.05, 0.1) is 5.75 Å². The fourth-order valence-electron chi connectivity index (χ4n) is 3.71. The molecule has 0 amide bonds. The number of sulfone groups is 1. The first kappa shape index (κ1) is 15.8. The van der Waals surface area contributed by atoms with Crippen LogP contribution in [0.2, 0.25) is 0 Å². The van der Waals surface area contributed by atoms with Crippen molar-refractivity contribution in [1.29, 1.82) is 0 Å². The van der Waals surface area contributed by atoms with Gasteiger partial charge in [-0.05, 0) is 31.6 Å². The summed E-state index contributed by atoms with van der Waals surface area (Å²) in [7, 11) is -3.04. The maximum absolute atomic E-state index is 11.7. The van der Waals surface area contributed by atoms with Crippen LogP contribution >= 0.6 is 0 Å². The number of piperidine rings is 1. The van der Waals surface area contributed by atoms with Gasteiger partial charge in [0.25, 0.3) is 0 Å². The quantitative estimate of drug-likeness (QED) is 0.833. The number of hydrogen-bond acceptors (Lipinski definition) is 4. The van der Waals surface area contributed by atoms with Gasteiger partial charge in [-0.2, -0.15) is 0 Å². The zero-order valence-corrected chi connectivity index (χ0v) is 12.9. The normalized spacial score (nSPS) is 31.8. The lowest BCUT2D eigenvalue weighted by Crippen LogP contribution is -2.56. The number of hydrogen-bond donors (Lipinski definition) is 1. The molecule has 0 aromatic carbocycles. The van der Waals surface area contributed by atoms with Crippen LogP contribution in [0, 0.1) is 5.92 Å². The molecule has 0 aromatic rings. The average molecular weight is 303 g/mol. The van der Waals surface area contributed by atoms with Crippen molar-refractivity contribution in [3.8, 4) is 0 Å². The van der Waals surface area contributed by atoms with Gasteiger partial charge in [0.1, 0.15) is 6.04 Å². The molecular formula is C14H25NO4S. The van der Waals surface area contributed by atoms with Gasteiger partial charge in [-0.1, -0.05) is 19.8 Å². The van der Waals surface area contributed by atoms with E-state index in [1.54, 1.807) is 6.92 Å². The third-order valence-corrected chi connectivity index (χ3v) is 6.58. The molecule has 0 aromatic heterocycles. The molecular weight excluding hydrogens is 278 g/mol.